The predicted octanol–water partition coefficient (Wildman–Crippen LogP) is 3.70. The van der Waals surface area contributed by atoms with Gasteiger partial charge in [0, 0.05) is 6.04 Å². The van der Waals surface area contributed by atoms with E-state index in [9.17, 15) is 4.79 Å². The number of hydrogen-bond donors (Lipinski definition) is 1. The van der Waals surface area contributed by atoms with Crippen LogP contribution in [0.5, 0.6) is 5.75 Å². The molecule has 6 nitrogen and oxygen atoms in total. The van der Waals surface area contributed by atoms with Crippen molar-refractivity contribution in [3.8, 4) is 5.75 Å². The minimum Gasteiger partial charge on any atom is -0.482 e. The molecule has 0 saturated heterocycles. The summed E-state index contributed by atoms with van der Waals surface area (Å²) in [6.07, 6.45) is -0.266. The van der Waals surface area contributed by atoms with Crippen molar-refractivity contribution in [2.24, 2.45) is 5.73 Å². The molecule has 1 heterocycles. The molecule has 2 aromatic rings. The van der Waals surface area contributed by atoms with Gasteiger partial charge in [0.25, 0.3) is 0 Å². The lowest BCUT2D eigenvalue weighted by molar-refractivity contribution is -0.115. The molecule has 7 heteroatoms. The molecule has 1 aromatic carbocycles. The van der Waals surface area contributed by atoms with Crippen LogP contribution >= 0.6 is 11.8 Å². The Hall–Kier alpha value is -2.02. The Bertz CT molecular complexity index is 728. The first kappa shape index (κ1) is 19.3. The number of amides is 1. The highest BCUT2D eigenvalue weighted by Crippen LogP contribution is 2.31. The summed E-state index contributed by atoms with van der Waals surface area (Å²) in [5.74, 6) is 1.76. The van der Waals surface area contributed by atoms with E-state index in [0.717, 1.165) is 17.1 Å². The van der Waals surface area contributed by atoms with Gasteiger partial charge < -0.3 is 15.0 Å². The fraction of sp³-hybridized carbons (Fsp3) is 0.500. The standard InChI is InChI=1S/C18H26N4O2S/c1-11(2)14-8-6-7-9-15(14)24-13(5)17-20-21-18(22(17)12(3)4)25-10-16(19)23/h6-9,11-13H,10H2,1-5H3,(H2,19,23). The highest BCUT2D eigenvalue weighted by Gasteiger charge is 2.22. The molecule has 2 rings (SSSR count). The third-order valence-electron chi connectivity index (χ3n) is 3.76. The molecule has 0 radical (unpaired) electrons. The fourth-order valence-corrected chi connectivity index (χ4v) is 3.41. The number of benzene rings is 1. The second kappa shape index (κ2) is 8.38. The van der Waals surface area contributed by atoms with E-state index in [4.69, 9.17) is 10.5 Å². The maximum Gasteiger partial charge on any atom is 0.227 e. The predicted molar refractivity (Wildman–Crippen MR) is 99.9 cm³/mol. The first-order chi connectivity index (χ1) is 11.8. The average molecular weight is 362 g/mol. The van der Waals surface area contributed by atoms with Crippen molar-refractivity contribution in [1.29, 1.82) is 0 Å². The Morgan fingerprint density at radius 3 is 2.48 bits per heavy atom. The van der Waals surface area contributed by atoms with Crippen LogP contribution in [0.2, 0.25) is 0 Å². The van der Waals surface area contributed by atoms with Gasteiger partial charge in [-0.05, 0) is 38.3 Å². The summed E-state index contributed by atoms with van der Waals surface area (Å²) < 4.78 is 8.19. The lowest BCUT2D eigenvalue weighted by atomic mass is 10.0. The maximum atomic E-state index is 11.1. The molecule has 2 N–H and O–H groups in total. The number of primary amides is 1. The van der Waals surface area contributed by atoms with Crippen molar-refractivity contribution in [3.05, 3.63) is 35.7 Å². The summed E-state index contributed by atoms with van der Waals surface area (Å²) in [6.45, 7) is 10.3. The molecule has 0 aliphatic rings. The van der Waals surface area contributed by atoms with Crippen molar-refractivity contribution in [2.45, 2.75) is 57.8 Å². The fourth-order valence-electron chi connectivity index (χ4n) is 2.59. The van der Waals surface area contributed by atoms with Crippen molar-refractivity contribution >= 4 is 17.7 Å². The summed E-state index contributed by atoms with van der Waals surface area (Å²) in [4.78, 5) is 11.1. The number of carbonyl (C=O) groups excluding carboxylic acids is 1. The van der Waals surface area contributed by atoms with Gasteiger partial charge in [0.1, 0.15) is 5.75 Å². The maximum absolute atomic E-state index is 11.1. The van der Waals surface area contributed by atoms with Gasteiger partial charge in [0.05, 0.1) is 5.75 Å². The highest BCUT2D eigenvalue weighted by molar-refractivity contribution is 7.99. The van der Waals surface area contributed by atoms with E-state index in [0.29, 0.717) is 11.1 Å². The van der Waals surface area contributed by atoms with E-state index in [1.807, 2.05) is 29.7 Å². The third-order valence-corrected chi connectivity index (χ3v) is 4.72. The molecule has 1 atom stereocenters. The molecule has 136 valence electrons. The average Bonchev–Trinajstić information content (AvgIpc) is 2.97. The van der Waals surface area contributed by atoms with Gasteiger partial charge in [0.2, 0.25) is 5.91 Å². The summed E-state index contributed by atoms with van der Waals surface area (Å²) in [6, 6.07) is 8.18. The van der Waals surface area contributed by atoms with E-state index in [-0.39, 0.29) is 23.8 Å². The quantitative estimate of drug-likeness (QED) is 0.724. The van der Waals surface area contributed by atoms with Crippen LogP contribution in [0.25, 0.3) is 0 Å². The van der Waals surface area contributed by atoms with Crippen LogP contribution in [0.4, 0.5) is 0 Å². The Morgan fingerprint density at radius 2 is 1.88 bits per heavy atom. The van der Waals surface area contributed by atoms with Gasteiger partial charge in [0.15, 0.2) is 17.1 Å². The number of rotatable bonds is 8. The Kier molecular flexibility index (Phi) is 6.47. The number of ether oxygens (including phenoxy) is 1. The molecule has 0 aliphatic heterocycles. The Balaban J connectivity index is 2.27. The lowest BCUT2D eigenvalue weighted by Crippen LogP contribution is -2.16. The van der Waals surface area contributed by atoms with Crippen molar-refractivity contribution < 1.29 is 9.53 Å². The third kappa shape index (κ3) is 4.75. The molecule has 0 bridgehead atoms. The van der Waals surface area contributed by atoms with Gasteiger partial charge in [-0.2, -0.15) is 0 Å². The SMILES string of the molecule is CC(C)c1ccccc1OC(C)c1nnc(SCC(N)=O)n1C(C)C. The normalized spacial score (nSPS) is 12.6. The van der Waals surface area contributed by atoms with Gasteiger partial charge in [-0.15, -0.1) is 10.2 Å². The van der Waals surface area contributed by atoms with Crippen molar-refractivity contribution in [1.82, 2.24) is 14.8 Å². The van der Waals surface area contributed by atoms with E-state index in [1.165, 1.54) is 11.8 Å². The first-order valence-corrected chi connectivity index (χ1v) is 9.41. The monoisotopic (exact) mass is 362 g/mol. The summed E-state index contributed by atoms with van der Waals surface area (Å²) in [5, 5.41) is 9.20. The molecule has 1 aromatic heterocycles. The minimum absolute atomic E-state index is 0.145. The second-order valence-electron chi connectivity index (χ2n) is 6.51. The molecule has 0 spiro atoms. The number of carbonyl (C=O) groups is 1. The van der Waals surface area contributed by atoms with E-state index in [2.05, 4.69) is 44.0 Å². The highest BCUT2D eigenvalue weighted by atomic mass is 32.2. The van der Waals surface area contributed by atoms with Gasteiger partial charge >= 0.3 is 0 Å². The summed E-state index contributed by atoms with van der Waals surface area (Å²) in [5.41, 5.74) is 6.40. The van der Waals surface area contributed by atoms with E-state index < -0.39 is 0 Å². The number of nitrogens with two attached hydrogens (primary N) is 1. The van der Waals surface area contributed by atoms with E-state index in [1.54, 1.807) is 0 Å². The molecule has 25 heavy (non-hydrogen) atoms. The first-order valence-electron chi connectivity index (χ1n) is 8.42. The van der Waals surface area contributed by atoms with Crippen molar-refractivity contribution in [3.63, 3.8) is 0 Å². The molecule has 1 amide bonds. The Labute approximate surface area is 153 Å². The van der Waals surface area contributed by atoms with Crippen LogP contribution in [0, 0.1) is 0 Å². The number of para-hydroxylation sites is 1. The molecule has 1 unspecified atom stereocenters. The summed E-state index contributed by atoms with van der Waals surface area (Å²) >= 11 is 1.30. The zero-order chi connectivity index (χ0) is 18.6. The minimum atomic E-state index is -0.375. The molecular formula is C18H26N4O2S. The van der Waals surface area contributed by atoms with Crippen molar-refractivity contribution in [2.75, 3.05) is 5.75 Å². The van der Waals surface area contributed by atoms with Crippen LogP contribution < -0.4 is 10.5 Å². The van der Waals surface area contributed by atoms with Crippen LogP contribution in [-0.2, 0) is 4.79 Å². The van der Waals surface area contributed by atoms with Crippen LogP contribution in [0.1, 0.15) is 64.1 Å². The summed E-state index contributed by atoms with van der Waals surface area (Å²) in [7, 11) is 0. The number of thioether (sulfide) groups is 1. The number of aromatic nitrogens is 3. The van der Waals surface area contributed by atoms with E-state index >= 15 is 0 Å². The largest absolute Gasteiger partial charge is 0.482 e. The lowest BCUT2D eigenvalue weighted by Gasteiger charge is -2.21. The zero-order valence-electron chi connectivity index (χ0n) is 15.4. The van der Waals surface area contributed by atoms with Gasteiger partial charge in [-0.1, -0.05) is 43.8 Å². The molecular weight excluding hydrogens is 336 g/mol. The van der Waals surface area contributed by atoms with Crippen LogP contribution in [-0.4, -0.2) is 26.4 Å². The molecule has 0 aliphatic carbocycles. The van der Waals surface area contributed by atoms with Crippen LogP contribution in [0.3, 0.4) is 0 Å². The van der Waals surface area contributed by atoms with Gasteiger partial charge in [-0.25, -0.2) is 0 Å². The second-order valence-corrected chi connectivity index (χ2v) is 7.45. The number of hydrogen-bond acceptors (Lipinski definition) is 5. The topological polar surface area (TPSA) is 83.0 Å². The zero-order valence-corrected chi connectivity index (χ0v) is 16.2. The number of nitrogens with zero attached hydrogens (tertiary/aromatic N) is 3. The van der Waals surface area contributed by atoms with Gasteiger partial charge in [-0.3, -0.25) is 4.79 Å². The smallest absolute Gasteiger partial charge is 0.227 e. The van der Waals surface area contributed by atoms with Crippen LogP contribution in [0.15, 0.2) is 29.4 Å². The Morgan fingerprint density at radius 1 is 1.20 bits per heavy atom. The molecule has 0 fully saturated rings. The molecule has 0 saturated carbocycles.